The minimum absolute atomic E-state index is 0.0547. The molecule has 0 N–H and O–H groups in total. The molecule has 0 amide bonds. The van der Waals surface area contributed by atoms with E-state index >= 15 is 0 Å². The van der Waals surface area contributed by atoms with Crippen LogP contribution in [0.1, 0.15) is 81.9 Å². The number of hydrogen-bond acceptors (Lipinski definition) is 2. The third-order valence-electron chi connectivity index (χ3n) is 7.37. The lowest BCUT2D eigenvalue weighted by atomic mass is 9.70. The molecule has 2 nitrogen and oxygen atoms in total. The first-order chi connectivity index (χ1) is 14.8. The first kappa shape index (κ1) is 22.6. The van der Waals surface area contributed by atoms with Gasteiger partial charge in [0.25, 0.3) is 0 Å². The van der Waals surface area contributed by atoms with Crippen molar-refractivity contribution in [1.29, 1.82) is 0 Å². The third-order valence-corrected chi connectivity index (χ3v) is 7.37. The van der Waals surface area contributed by atoms with Gasteiger partial charge in [-0.1, -0.05) is 38.7 Å². The van der Waals surface area contributed by atoms with Crippen LogP contribution in [0.2, 0.25) is 0 Å². The summed E-state index contributed by atoms with van der Waals surface area (Å²) in [5, 5.41) is 0. The predicted molar refractivity (Wildman–Crippen MR) is 111 cm³/mol. The predicted octanol–water partition coefficient (Wildman–Crippen LogP) is 7.65. The monoisotopic (exact) mass is 440 g/mol. The number of aryl methyl sites for hydroxylation is 1. The minimum atomic E-state index is -3.65. The van der Waals surface area contributed by atoms with Crippen LogP contribution < -0.4 is 4.74 Å². The quantitative estimate of drug-likeness (QED) is 0.247. The van der Waals surface area contributed by atoms with Crippen LogP contribution in [0.4, 0.5) is 17.6 Å². The Morgan fingerprint density at radius 3 is 2.35 bits per heavy atom. The maximum Gasteiger partial charge on any atom is 0.422 e. The lowest BCUT2D eigenvalue weighted by molar-refractivity contribution is -0.147. The smallest absolute Gasteiger partial charge is 0.422 e. The van der Waals surface area contributed by atoms with Gasteiger partial charge < -0.3 is 9.47 Å². The first-order valence-corrected chi connectivity index (χ1v) is 11.7. The Hall–Kier alpha value is -1.56. The van der Waals surface area contributed by atoms with Crippen LogP contribution in [0.3, 0.4) is 0 Å². The SMILES string of the molecule is CCCC1CCC(C2CC=C(C(F)(F)Oc3c(C)cc(C4CO4)c(F)c3F)CC2)CC1. The summed E-state index contributed by atoms with van der Waals surface area (Å²) in [5.74, 6) is -1.41. The van der Waals surface area contributed by atoms with Crippen molar-refractivity contribution < 1.29 is 27.0 Å². The average Bonchev–Trinajstić information content (AvgIpc) is 3.60. The molecule has 1 aliphatic heterocycles. The molecule has 2 fully saturated rings. The van der Waals surface area contributed by atoms with Gasteiger partial charge in [0.1, 0.15) is 6.10 Å². The van der Waals surface area contributed by atoms with Crippen molar-refractivity contribution in [3.8, 4) is 5.75 Å². The normalized spacial score (nSPS) is 28.9. The molecule has 4 rings (SSSR count). The van der Waals surface area contributed by atoms with Crippen molar-refractivity contribution in [1.82, 2.24) is 0 Å². The van der Waals surface area contributed by atoms with Crippen molar-refractivity contribution in [2.75, 3.05) is 6.61 Å². The maximum absolute atomic E-state index is 14.9. The van der Waals surface area contributed by atoms with Crippen molar-refractivity contribution in [3.05, 3.63) is 40.5 Å². The molecular formula is C25H32F4O2. The van der Waals surface area contributed by atoms with E-state index in [2.05, 4.69) is 6.92 Å². The molecule has 0 spiro atoms. The third kappa shape index (κ3) is 4.94. The summed E-state index contributed by atoms with van der Waals surface area (Å²) in [7, 11) is 0. The zero-order valence-corrected chi connectivity index (χ0v) is 18.4. The molecule has 0 radical (unpaired) electrons. The van der Waals surface area contributed by atoms with E-state index in [0.717, 1.165) is 5.92 Å². The number of benzene rings is 1. The second-order valence-corrected chi connectivity index (χ2v) is 9.51. The summed E-state index contributed by atoms with van der Waals surface area (Å²) in [4.78, 5) is 0. The molecule has 1 saturated heterocycles. The Morgan fingerprint density at radius 1 is 1.06 bits per heavy atom. The van der Waals surface area contributed by atoms with Crippen LogP contribution >= 0.6 is 0 Å². The molecule has 3 aliphatic rings. The fraction of sp³-hybridized carbons (Fsp3) is 0.680. The van der Waals surface area contributed by atoms with Crippen molar-refractivity contribution in [2.24, 2.45) is 17.8 Å². The Balaban J connectivity index is 1.40. The molecule has 2 aliphatic carbocycles. The standard InChI is InChI=1S/C25H32F4O2/c1-3-4-16-5-7-17(8-6-16)18-9-11-19(12-10-18)25(28,29)31-24-15(2)13-20(21-14-30-21)22(26)23(24)27/h11,13,16-18,21H,3-10,12,14H2,1-2H3. The lowest BCUT2D eigenvalue weighted by Gasteiger charge is -2.36. The Kier molecular flexibility index (Phi) is 6.66. The van der Waals surface area contributed by atoms with Gasteiger partial charge in [0, 0.05) is 11.1 Å². The molecule has 31 heavy (non-hydrogen) atoms. The van der Waals surface area contributed by atoms with E-state index in [9.17, 15) is 17.6 Å². The molecule has 6 heteroatoms. The molecule has 1 aromatic carbocycles. The van der Waals surface area contributed by atoms with Crippen LogP contribution in [0, 0.1) is 36.3 Å². The fourth-order valence-corrected chi connectivity index (χ4v) is 5.45. The largest absolute Gasteiger partial charge is 0.426 e. The summed E-state index contributed by atoms with van der Waals surface area (Å²) in [6, 6.07) is 1.33. The molecule has 0 aromatic heterocycles. The van der Waals surface area contributed by atoms with Gasteiger partial charge in [-0.2, -0.15) is 13.2 Å². The number of epoxide rings is 1. The number of halogens is 4. The molecular weight excluding hydrogens is 408 g/mol. The molecule has 1 heterocycles. The highest BCUT2D eigenvalue weighted by atomic mass is 19.3. The van der Waals surface area contributed by atoms with Gasteiger partial charge in [-0.25, -0.2) is 4.39 Å². The van der Waals surface area contributed by atoms with E-state index < -0.39 is 29.6 Å². The van der Waals surface area contributed by atoms with Crippen LogP contribution in [-0.2, 0) is 4.74 Å². The zero-order chi connectivity index (χ0) is 22.2. The highest BCUT2D eigenvalue weighted by molar-refractivity contribution is 5.41. The summed E-state index contributed by atoms with van der Waals surface area (Å²) in [6.45, 7) is 3.97. The second-order valence-electron chi connectivity index (χ2n) is 9.51. The maximum atomic E-state index is 14.9. The van der Waals surface area contributed by atoms with Crippen LogP contribution in [0.5, 0.6) is 5.75 Å². The van der Waals surface area contributed by atoms with E-state index in [4.69, 9.17) is 9.47 Å². The second kappa shape index (κ2) is 9.13. The minimum Gasteiger partial charge on any atom is -0.426 e. The Bertz CT molecular complexity index is 823. The van der Waals surface area contributed by atoms with Gasteiger partial charge in [-0.3, -0.25) is 0 Å². The van der Waals surface area contributed by atoms with Gasteiger partial charge in [-0.15, -0.1) is 0 Å². The molecule has 1 saturated carbocycles. The molecule has 172 valence electrons. The molecule has 2 atom stereocenters. The Labute approximate surface area is 182 Å². The number of allylic oxidation sites excluding steroid dienone is 1. The van der Waals surface area contributed by atoms with Crippen LogP contribution in [0.25, 0.3) is 0 Å². The highest BCUT2D eigenvalue weighted by Gasteiger charge is 2.42. The number of hydrogen-bond donors (Lipinski definition) is 0. The topological polar surface area (TPSA) is 21.8 Å². The van der Waals surface area contributed by atoms with Crippen molar-refractivity contribution in [3.63, 3.8) is 0 Å². The number of alkyl halides is 2. The van der Waals surface area contributed by atoms with E-state index in [0.29, 0.717) is 31.3 Å². The summed E-state index contributed by atoms with van der Waals surface area (Å²) in [6.07, 6.45) is 6.32. The van der Waals surface area contributed by atoms with Crippen LogP contribution in [-0.4, -0.2) is 12.7 Å². The zero-order valence-electron chi connectivity index (χ0n) is 18.4. The van der Waals surface area contributed by atoms with E-state index in [1.54, 1.807) is 6.08 Å². The van der Waals surface area contributed by atoms with Gasteiger partial charge in [-0.05, 0) is 68.4 Å². The molecule has 0 bridgehead atoms. The van der Waals surface area contributed by atoms with Gasteiger partial charge in [0.2, 0.25) is 5.82 Å². The fourth-order valence-electron chi connectivity index (χ4n) is 5.45. The van der Waals surface area contributed by atoms with Crippen molar-refractivity contribution >= 4 is 0 Å². The van der Waals surface area contributed by atoms with Gasteiger partial charge in [0.15, 0.2) is 11.6 Å². The molecule has 1 aromatic rings. The van der Waals surface area contributed by atoms with E-state index in [1.165, 1.54) is 51.5 Å². The first-order valence-electron chi connectivity index (χ1n) is 11.7. The van der Waals surface area contributed by atoms with Gasteiger partial charge >= 0.3 is 6.11 Å². The van der Waals surface area contributed by atoms with Crippen LogP contribution in [0.15, 0.2) is 17.7 Å². The highest BCUT2D eigenvalue weighted by Crippen LogP contribution is 2.44. The lowest BCUT2D eigenvalue weighted by Crippen LogP contribution is -2.32. The summed E-state index contributed by atoms with van der Waals surface area (Å²) >= 11 is 0. The average molecular weight is 441 g/mol. The summed E-state index contributed by atoms with van der Waals surface area (Å²) < 4.78 is 68.3. The van der Waals surface area contributed by atoms with Gasteiger partial charge in [0.05, 0.1) is 6.61 Å². The summed E-state index contributed by atoms with van der Waals surface area (Å²) in [5.41, 5.74) is 0.0680. The Morgan fingerprint density at radius 2 is 1.77 bits per heavy atom. The van der Waals surface area contributed by atoms with E-state index in [-0.39, 0.29) is 23.1 Å². The molecule has 2 unspecified atom stereocenters. The number of rotatable bonds is 7. The van der Waals surface area contributed by atoms with E-state index in [1.807, 2.05) is 0 Å². The number of ether oxygens (including phenoxy) is 2. The van der Waals surface area contributed by atoms with Crippen molar-refractivity contribution in [2.45, 2.75) is 83.8 Å².